The van der Waals surface area contributed by atoms with Gasteiger partial charge >= 0.3 is 0 Å². The summed E-state index contributed by atoms with van der Waals surface area (Å²) in [6, 6.07) is 11.8. The van der Waals surface area contributed by atoms with Crippen molar-refractivity contribution in [3.63, 3.8) is 0 Å². The SMILES string of the molecule is CCc1ccc(NS(=O)(=O)c2ccc3c(c2)N(C(C)=O)CCO3)cc1. The molecule has 0 saturated carbocycles. The molecule has 0 fully saturated rings. The minimum atomic E-state index is -3.76. The first-order valence-corrected chi connectivity index (χ1v) is 9.56. The molecule has 1 heterocycles. The van der Waals surface area contributed by atoms with Gasteiger partial charge in [-0.25, -0.2) is 8.42 Å². The molecule has 1 aliphatic rings. The molecule has 0 spiro atoms. The van der Waals surface area contributed by atoms with E-state index < -0.39 is 10.0 Å². The van der Waals surface area contributed by atoms with Crippen LogP contribution >= 0.6 is 0 Å². The van der Waals surface area contributed by atoms with Gasteiger partial charge in [0.2, 0.25) is 5.91 Å². The highest BCUT2D eigenvalue weighted by Crippen LogP contribution is 2.34. The Morgan fingerprint density at radius 1 is 1.20 bits per heavy atom. The molecule has 132 valence electrons. The predicted molar refractivity (Wildman–Crippen MR) is 96.6 cm³/mol. The summed E-state index contributed by atoms with van der Waals surface area (Å²) in [6.45, 7) is 4.28. The van der Waals surface area contributed by atoms with Crippen LogP contribution < -0.4 is 14.4 Å². The van der Waals surface area contributed by atoms with Gasteiger partial charge in [0.05, 0.1) is 17.1 Å². The van der Waals surface area contributed by atoms with Gasteiger partial charge in [0.15, 0.2) is 0 Å². The monoisotopic (exact) mass is 360 g/mol. The summed E-state index contributed by atoms with van der Waals surface area (Å²) in [6.07, 6.45) is 0.888. The first-order chi connectivity index (χ1) is 11.9. The molecule has 1 N–H and O–H groups in total. The Balaban J connectivity index is 1.92. The third-order valence-electron chi connectivity index (χ3n) is 4.10. The third-order valence-corrected chi connectivity index (χ3v) is 5.48. The first-order valence-electron chi connectivity index (χ1n) is 8.07. The third kappa shape index (κ3) is 3.61. The zero-order chi connectivity index (χ0) is 18.0. The molecule has 0 unspecified atom stereocenters. The van der Waals surface area contributed by atoms with Crippen LogP contribution in [0, 0.1) is 0 Å². The van der Waals surface area contributed by atoms with Crippen LogP contribution in [0.4, 0.5) is 11.4 Å². The van der Waals surface area contributed by atoms with E-state index in [9.17, 15) is 13.2 Å². The van der Waals surface area contributed by atoms with E-state index in [0.29, 0.717) is 30.3 Å². The van der Waals surface area contributed by atoms with Crippen molar-refractivity contribution in [3.05, 3.63) is 48.0 Å². The quantitative estimate of drug-likeness (QED) is 0.910. The Labute approximate surface area is 147 Å². The summed E-state index contributed by atoms with van der Waals surface area (Å²) in [5, 5.41) is 0. The van der Waals surface area contributed by atoms with Crippen molar-refractivity contribution >= 4 is 27.3 Å². The zero-order valence-corrected chi connectivity index (χ0v) is 15.0. The van der Waals surface area contributed by atoms with Gasteiger partial charge in [-0.1, -0.05) is 19.1 Å². The van der Waals surface area contributed by atoms with Crippen LogP contribution in [-0.2, 0) is 21.2 Å². The molecule has 0 aliphatic carbocycles. The molecule has 1 aliphatic heterocycles. The van der Waals surface area contributed by atoms with Crippen molar-refractivity contribution in [1.82, 2.24) is 0 Å². The second-order valence-electron chi connectivity index (χ2n) is 5.80. The lowest BCUT2D eigenvalue weighted by Crippen LogP contribution is -2.36. The second kappa shape index (κ2) is 6.76. The van der Waals surface area contributed by atoms with E-state index in [4.69, 9.17) is 4.74 Å². The predicted octanol–water partition coefficient (Wildman–Crippen LogP) is 2.80. The van der Waals surface area contributed by atoms with Crippen molar-refractivity contribution in [2.24, 2.45) is 0 Å². The average Bonchev–Trinajstić information content (AvgIpc) is 2.61. The fraction of sp³-hybridized carbons (Fsp3) is 0.278. The second-order valence-corrected chi connectivity index (χ2v) is 7.49. The number of sulfonamides is 1. The van der Waals surface area contributed by atoms with Crippen molar-refractivity contribution < 1.29 is 17.9 Å². The number of fused-ring (bicyclic) bond motifs is 1. The summed E-state index contributed by atoms with van der Waals surface area (Å²) < 4.78 is 33.4. The van der Waals surface area contributed by atoms with Crippen LogP contribution in [0.1, 0.15) is 19.4 Å². The maximum atomic E-state index is 12.7. The zero-order valence-electron chi connectivity index (χ0n) is 14.2. The Morgan fingerprint density at radius 2 is 1.92 bits per heavy atom. The highest BCUT2D eigenvalue weighted by atomic mass is 32.2. The van der Waals surface area contributed by atoms with Gasteiger partial charge < -0.3 is 9.64 Å². The fourth-order valence-electron chi connectivity index (χ4n) is 2.71. The Bertz CT molecular complexity index is 892. The lowest BCUT2D eigenvalue weighted by molar-refractivity contribution is -0.116. The van der Waals surface area contributed by atoms with Gasteiger partial charge in [-0.15, -0.1) is 0 Å². The average molecular weight is 360 g/mol. The number of ether oxygens (including phenoxy) is 1. The Hall–Kier alpha value is -2.54. The number of anilines is 2. The highest BCUT2D eigenvalue weighted by molar-refractivity contribution is 7.92. The van der Waals surface area contributed by atoms with E-state index >= 15 is 0 Å². The topological polar surface area (TPSA) is 75.7 Å². The highest BCUT2D eigenvalue weighted by Gasteiger charge is 2.24. The number of hydrogen-bond acceptors (Lipinski definition) is 4. The van der Waals surface area contributed by atoms with Crippen LogP contribution in [0.15, 0.2) is 47.4 Å². The van der Waals surface area contributed by atoms with Crippen molar-refractivity contribution in [1.29, 1.82) is 0 Å². The summed E-state index contributed by atoms with van der Waals surface area (Å²) in [5.74, 6) is 0.356. The summed E-state index contributed by atoms with van der Waals surface area (Å²) in [4.78, 5) is 13.4. The van der Waals surface area contributed by atoms with Crippen LogP contribution in [0.3, 0.4) is 0 Å². The lowest BCUT2D eigenvalue weighted by atomic mass is 10.2. The molecule has 0 radical (unpaired) electrons. The van der Waals surface area contributed by atoms with Crippen LogP contribution in [0.5, 0.6) is 5.75 Å². The minimum absolute atomic E-state index is 0.0857. The number of aryl methyl sites for hydroxylation is 1. The van der Waals surface area contributed by atoms with Crippen molar-refractivity contribution in [2.45, 2.75) is 25.2 Å². The molecule has 2 aromatic rings. The molecule has 0 bridgehead atoms. The molecule has 3 rings (SSSR count). The number of amides is 1. The molecule has 7 heteroatoms. The normalized spacial score (nSPS) is 13.8. The van der Waals surface area contributed by atoms with Crippen LogP contribution in [0.25, 0.3) is 0 Å². The molecule has 2 aromatic carbocycles. The Morgan fingerprint density at radius 3 is 2.56 bits per heavy atom. The van der Waals surface area contributed by atoms with Crippen LogP contribution in [0.2, 0.25) is 0 Å². The van der Waals surface area contributed by atoms with E-state index in [-0.39, 0.29) is 10.8 Å². The number of hydrogen-bond donors (Lipinski definition) is 1. The van der Waals surface area contributed by atoms with Gasteiger partial charge in [-0.05, 0) is 42.3 Å². The molecule has 1 amide bonds. The van der Waals surface area contributed by atoms with E-state index in [1.165, 1.54) is 24.0 Å². The molecule has 0 aromatic heterocycles. The number of carbonyl (C=O) groups is 1. The summed E-state index contributed by atoms with van der Waals surface area (Å²) >= 11 is 0. The standard InChI is InChI=1S/C18H20N2O4S/c1-3-14-4-6-15(7-5-14)19-25(22,23)16-8-9-18-17(12-16)20(13(2)21)10-11-24-18/h4-9,12,19H,3,10-11H2,1-2H3. The maximum absolute atomic E-state index is 12.7. The van der Waals surface area contributed by atoms with Gasteiger partial charge in [0.25, 0.3) is 10.0 Å². The molecule has 0 atom stereocenters. The van der Waals surface area contributed by atoms with Crippen LogP contribution in [-0.4, -0.2) is 27.5 Å². The number of carbonyl (C=O) groups excluding carboxylic acids is 1. The van der Waals surface area contributed by atoms with Gasteiger partial charge in [-0.2, -0.15) is 0 Å². The van der Waals surface area contributed by atoms with Gasteiger partial charge in [0, 0.05) is 12.6 Å². The van der Waals surface area contributed by atoms with Crippen molar-refractivity contribution in [3.8, 4) is 5.75 Å². The number of rotatable bonds is 4. The molecule has 25 heavy (non-hydrogen) atoms. The number of nitrogens with zero attached hydrogens (tertiary/aromatic N) is 1. The maximum Gasteiger partial charge on any atom is 0.261 e. The van der Waals surface area contributed by atoms with Crippen molar-refractivity contribution in [2.75, 3.05) is 22.8 Å². The van der Waals surface area contributed by atoms with E-state index in [2.05, 4.69) is 4.72 Å². The van der Waals surface area contributed by atoms with E-state index in [1.54, 1.807) is 18.2 Å². The van der Waals surface area contributed by atoms with E-state index in [1.807, 2.05) is 19.1 Å². The number of nitrogens with one attached hydrogen (secondary N) is 1. The summed E-state index contributed by atoms with van der Waals surface area (Å²) in [5.41, 5.74) is 2.10. The minimum Gasteiger partial charge on any atom is -0.490 e. The van der Waals surface area contributed by atoms with E-state index in [0.717, 1.165) is 12.0 Å². The lowest BCUT2D eigenvalue weighted by Gasteiger charge is -2.29. The molecular weight excluding hydrogens is 340 g/mol. The smallest absolute Gasteiger partial charge is 0.261 e. The molecular formula is C18H20N2O4S. The molecule has 6 nitrogen and oxygen atoms in total. The number of benzene rings is 2. The fourth-order valence-corrected chi connectivity index (χ4v) is 3.79. The van der Waals surface area contributed by atoms with Gasteiger partial charge in [0.1, 0.15) is 12.4 Å². The largest absolute Gasteiger partial charge is 0.490 e. The molecule has 0 saturated heterocycles. The first kappa shape index (κ1) is 17.3. The Kier molecular flexibility index (Phi) is 4.67. The summed E-state index contributed by atoms with van der Waals surface area (Å²) in [7, 11) is -3.76. The van der Waals surface area contributed by atoms with Gasteiger partial charge in [-0.3, -0.25) is 9.52 Å².